The third kappa shape index (κ3) is 4.18. The van der Waals surface area contributed by atoms with Crippen LogP contribution >= 0.6 is 0 Å². The van der Waals surface area contributed by atoms with E-state index in [1.165, 1.54) is 6.07 Å². The fraction of sp³-hybridized carbons (Fsp3) is 0.125. The minimum atomic E-state index is -4.39. The topological polar surface area (TPSA) is 37.3 Å². The highest BCUT2D eigenvalue weighted by Crippen LogP contribution is 2.29. The molecule has 114 valence electrons. The molecule has 1 N–H and O–H groups in total. The molecular weight excluding hydrogens is 291 g/mol. The Balaban J connectivity index is 2.16. The van der Waals surface area contributed by atoms with Gasteiger partial charge in [0.2, 0.25) is 0 Å². The second-order valence-corrected chi connectivity index (χ2v) is 4.44. The highest BCUT2D eigenvalue weighted by molar-refractivity contribution is 5.77. The summed E-state index contributed by atoms with van der Waals surface area (Å²) in [6.07, 6.45) is 6.91. The summed E-state index contributed by atoms with van der Waals surface area (Å²) >= 11 is 0. The summed E-state index contributed by atoms with van der Waals surface area (Å²) in [6, 6.07) is 2.29. The van der Waals surface area contributed by atoms with Crippen molar-refractivity contribution in [2.75, 3.05) is 11.9 Å². The predicted octanol–water partition coefficient (Wildman–Crippen LogP) is 4.15. The van der Waals surface area contributed by atoms with Gasteiger partial charge in [-0.25, -0.2) is 4.98 Å². The highest BCUT2D eigenvalue weighted by atomic mass is 19.4. The summed E-state index contributed by atoms with van der Waals surface area (Å²) in [5, 5.41) is 3.00. The van der Waals surface area contributed by atoms with E-state index in [9.17, 15) is 13.2 Å². The fourth-order valence-corrected chi connectivity index (χ4v) is 1.76. The number of nitrogens with one attached hydrogen (secondary N) is 1. The summed E-state index contributed by atoms with van der Waals surface area (Å²) in [7, 11) is 0. The van der Waals surface area contributed by atoms with Crippen molar-refractivity contribution in [3.63, 3.8) is 0 Å². The van der Waals surface area contributed by atoms with Crippen LogP contribution in [0.2, 0.25) is 0 Å². The Morgan fingerprint density at radius 2 is 2.05 bits per heavy atom. The third-order valence-electron chi connectivity index (χ3n) is 2.85. The molecule has 0 atom stereocenters. The standard InChI is InChI=1S/C16H14F3N3/c1-2-3-4-5-12-10-20-9-8-14(12)22-15-7-6-13(11-21-15)16(17,18)19/h2-9,11H,1,10H2,(H,21,22)/b4-3-,12-5+. The van der Waals surface area contributed by atoms with Crippen molar-refractivity contribution in [1.82, 2.24) is 4.98 Å². The largest absolute Gasteiger partial charge is 0.417 e. The molecule has 2 heterocycles. The van der Waals surface area contributed by atoms with Crippen LogP contribution in [0.3, 0.4) is 0 Å². The summed E-state index contributed by atoms with van der Waals surface area (Å²) < 4.78 is 37.5. The molecule has 0 fully saturated rings. The Kier molecular flexibility index (Phi) is 4.93. The fourth-order valence-electron chi connectivity index (χ4n) is 1.76. The second kappa shape index (κ2) is 6.89. The SMILES string of the molecule is C=C/C=C\C=C1/CN=CC=C1Nc1ccc(C(F)(F)F)cn1. The van der Waals surface area contributed by atoms with Gasteiger partial charge in [0.1, 0.15) is 5.82 Å². The van der Waals surface area contributed by atoms with Crippen LogP contribution in [-0.4, -0.2) is 17.7 Å². The van der Waals surface area contributed by atoms with Crippen LogP contribution in [0.25, 0.3) is 0 Å². The molecule has 3 nitrogen and oxygen atoms in total. The number of hydrogen-bond donors (Lipinski definition) is 1. The van der Waals surface area contributed by atoms with E-state index in [1.54, 1.807) is 24.4 Å². The van der Waals surface area contributed by atoms with Crippen molar-refractivity contribution in [2.24, 2.45) is 4.99 Å². The monoisotopic (exact) mass is 305 g/mol. The number of anilines is 1. The maximum Gasteiger partial charge on any atom is 0.417 e. The maximum atomic E-state index is 12.5. The number of aliphatic imine (C=N–C) groups is 1. The number of aromatic nitrogens is 1. The Morgan fingerprint density at radius 3 is 2.68 bits per heavy atom. The first kappa shape index (κ1) is 15.8. The van der Waals surface area contributed by atoms with Crippen LogP contribution in [-0.2, 0) is 6.18 Å². The van der Waals surface area contributed by atoms with Crippen LogP contribution in [0, 0.1) is 0 Å². The van der Waals surface area contributed by atoms with Crippen molar-refractivity contribution in [3.8, 4) is 0 Å². The lowest BCUT2D eigenvalue weighted by Crippen LogP contribution is -2.11. The molecule has 0 unspecified atom stereocenters. The molecule has 0 aromatic carbocycles. The molecule has 0 aliphatic carbocycles. The Morgan fingerprint density at radius 1 is 1.23 bits per heavy atom. The Bertz CT molecular complexity index is 650. The Labute approximate surface area is 126 Å². The van der Waals surface area contributed by atoms with Gasteiger partial charge in [0.25, 0.3) is 0 Å². The summed E-state index contributed by atoms with van der Waals surface area (Å²) in [5.41, 5.74) is 0.875. The molecule has 1 aromatic rings. The minimum absolute atomic E-state index is 0.341. The van der Waals surface area contributed by atoms with Gasteiger partial charge in [-0.15, -0.1) is 0 Å². The molecule has 0 amide bonds. The van der Waals surface area contributed by atoms with Gasteiger partial charge < -0.3 is 5.32 Å². The van der Waals surface area contributed by atoms with Crippen molar-refractivity contribution >= 4 is 12.0 Å². The van der Waals surface area contributed by atoms with Crippen molar-refractivity contribution in [2.45, 2.75) is 6.18 Å². The molecular formula is C16H14F3N3. The van der Waals surface area contributed by atoms with E-state index in [-0.39, 0.29) is 0 Å². The zero-order chi connectivity index (χ0) is 16.0. The Hall–Kier alpha value is -2.63. The average Bonchev–Trinajstić information content (AvgIpc) is 2.49. The summed E-state index contributed by atoms with van der Waals surface area (Å²) in [4.78, 5) is 7.93. The number of halogens is 3. The molecule has 22 heavy (non-hydrogen) atoms. The van der Waals surface area contributed by atoms with Crippen LogP contribution in [0.1, 0.15) is 5.56 Å². The number of dihydropyridines is 1. The molecule has 2 rings (SSSR count). The maximum absolute atomic E-state index is 12.5. The van der Waals surface area contributed by atoms with Gasteiger partial charge in [-0.3, -0.25) is 4.99 Å². The number of nitrogens with zero attached hydrogens (tertiary/aromatic N) is 2. The lowest BCUT2D eigenvalue weighted by Gasteiger charge is -2.15. The first-order chi connectivity index (χ1) is 10.5. The zero-order valence-electron chi connectivity index (χ0n) is 11.6. The van der Waals surface area contributed by atoms with E-state index in [2.05, 4.69) is 21.9 Å². The molecule has 0 spiro atoms. The highest BCUT2D eigenvalue weighted by Gasteiger charge is 2.30. The normalized spacial score (nSPS) is 16.9. The van der Waals surface area contributed by atoms with Crippen LogP contribution < -0.4 is 5.32 Å². The number of pyridine rings is 1. The average molecular weight is 305 g/mol. The number of alkyl halides is 3. The molecule has 0 saturated heterocycles. The molecule has 0 saturated carbocycles. The van der Waals surface area contributed by atoms with Crippen molar-refractivity contribution < 1.29 is 13.2 Å². The van der Waals surface area contributed by atoms with E-state index < -0.39 is 11.7 Å². The smallest absolute Gasteiger partial charge is 0.340 e. The third-order valence-corrected chi connectivity index (χ3v) is 2.85. The zero-order valence-corrected chi connectivity index (χ0v) is 11.6. The molecule has 0 radical (unpaired) electrons. The van der Waals surface area contributed by atoms with Gasteiger partial charge in [0.15, 0.2) is 0 Å². The van der Waals surface area contributed by atoms with Gasteiger partial charge in [0.05, 0.1) is 12.1 Å². The van der Waals surface area contributed by atoms with Gasteiger partial charge in [-0.1, -0.05) is 30.9 Å². The van der Waals surface area contributed by atoms with E-state index in [0.717, 1.165) is 23.5 Å². The van der Waals surface area contributed by atoms with Crippen LogP contribution in [0.4, 0.5) is 19.0 Å². The molecule has 1 aliphatic heterocycles. The first-order valence-electron chi connectivity index (χ1n) is 6.50. The van der Waals surface area contributed by atoms with Gasteiger partial charge in [0, 0.05) is 18.1 Å². The van der Waals surface area contributed by atoms with E-state index in [1.807, 2.05) is 12.2 Å². The number of hydrogen-bond acceptors (Lipinski definition) is 3. The van der Waals surface area contributed by atoms with E-state index >= 15 is 0 Å². The van der Waals surface area contributed by atoms with Gasteiger partial charge in [-0.05, 0) is 23.8 Å². The quantitative estimate of drug-likeness (QED) is 0.849. The molecule has 1 aromatic heterocycles. The van der Waals surface area contributed by atoms with Crippen molar-refractivity contribution in [1.29, 1.82) is 0 Å². The number of rotatable bonds is 4. The summed E-state index contributed by atoms with van der Waals surface area (Å²) in [6.45, 7) is 4.07. The first-order valence-corrected chi connectivity index (χ1v) is 6.50. The number of allylic oxidation sites excluding steroid dienone is 5. The lowest BCUT2D eigenvalue weighted by molar-refractivity contribution is -0.137. The van der Waals surface area contributed by atoms with E-state index in [0.29, 0.717) is 12.4 Å². The van der Waals surface area contributed by atoms with Gasteiger partial charge in [-0.2, -0.15) is 13.2 Å². The van der Waals surface area contributed by atoms with Gasteiger partial charge >= 0.3 is 6.18 Å². The minimum Gasteiger partial charge on any atom is -0.340 e. The van der Waals surface area contributed by atoms with E-state index in [4.69, 9.17) is 0 Å². The van der Waals surface area contributed by atoms with Crippen molar-refractivity contribution in [3.05, 3.63) is 72.1 Å². The molecule has 1 aliphatic rings. The molecule has 6 heteroatoms. The predicted molar refractivity (Wildman–Crippen MR) is 81.7 cm³/mol. The summed E-state index contributed by atoms with van der Waals surface area (Å²) in [5.74, 6) is 0.341. The van der Waals surface area contributed by atoms with Crippen LogP contribution in [0.15, 0.2) is 71.6 Å². The molecule has 0 bridgehead atoms. The second-order valence-electron chi connectivity index (χ2n) is 4.44. The lowest BCUT2D eigenvalue weighted by atomic mass is 10.1. The van der Waals surface area contributed by atoms with Crippen LogP contribution in [0.5, 0.6) is 0 Å².